The number of halogens is 1. The van der Waals surface area contributed by atoms with E-state index in [4.69, 9.17) is 9.72 Å². The first-order valence-corrected chi connectivity index (χ1v) is 8.36. The molecule has 3 nitrogen and oxygen atoms in total. The summed E-state index contributed by atoms with van der Waals surface area (Å²) < 4.78 is 6.49. The minimum absolute atomic E-state index is 0.842. The van der Waals surface area contributed by atoms with Gasteiger partial charge < -0.3 is 4.74 Å². The summed E-state index contributed by atoms with van der Waals surface area (Å²) in [6, 6.07) is 2.07. The molecule has 0 bridgehead atoms. The van der Waals surface area contributed by atoms with Crippen molar-refractivity contribution < 1.29 is 4.74 Å². The molecule has 0 atom stereocenters. The van der Waals surface area contributed by atoms with Gasteiger partial charge in [-0.15, -0.1) is 22.7 Å². The van der Waals surface area contributed by atoms with Gasteiger partial charge in [0, 0.05) is 22.9 Å². The van der Waals surface area contributed by atoms with Crippen LogP contribution in [0, 0.1) is 0 Å². The van der Waals surface area contributed by atoms with Crippen molar-refractivity contribution in [3.63, 3.8) is 0 Å². The minimum Gasteiger partial charge on any atom is -0.379 e. The van der Waals surface area contributed by atoms with Gasteiger partial charge >= 0.3 is 0 Å². The van der Waals surface area contributed by atoms with E-state index in [2.05, 4.69) is 37.7 Å². The Bertz CT molecular complexity index is 520. The summed E-state index contributed by atoms with van der Waals surface area (Å²) in [5, 5.41) is 5.42. The molecule has 2 aromatic heterocycles. The zero-order chi connectivity index (χ0) is 12.4. The molecule has 0 N–H and O–H groups in total. The van der Waals surface area contributed by atoms with E-state index in [1.54, 1.807) is 22.7 Å². The van der Waals surface area contributed by atoms with Gasteiger partial charge in [0.05, 0.1) is 30.3 Å². The van der Waals surface area contributed by atoms with Crippen molar-refractivity contribution in [2.24, 2.45) is 0 Å². The van der Waals surface area contributed by atoms with Crippen molar-refractivity contribution >= 4 is 38.6 Å². The van der Waals surface area contributed by atoms with Gasteiger partial charge in [-0.25, -0.2) is 4.98 Å². The van der Waals surface area contributed by atoms with Crippen LogP contribution in [0.2, 0.25) is 0 Å². The molecule has 0 aliphatic carbocycles. The number of ether oxygens (including phenoxy) is 1. The van der Waals surface area contributed by atoms with Crippen molar-refractivity contribution in [3.05, 3.63) is 26.3 Å². The second-order valence-electron chi connectivity index (χ2n) is 4.11. The van der Waals surface area contributed by atoms with E-state index in [0.717, 1.165) is 43.0 Å². The molecule has 1 fully saturated rings. The SMILES string of the molecule is Brc1ccsc1-c1csc(CN2CCOCC2)n1. The quantitative estimate of drug-likeness (QED) is 0.852. The molecule has 96 valence electrons. The predicted molar refractivity (Wildman–Crippen MR) is 79.2 cm³/mol. The van der Waals surface area contributed by atoms with Crippen molar-refractivity contribution in [3.8, 4) is 10.6 Å². The Kier molecular flexibility index (Phi) is 4.10. The highest BCUT2D eigenvalue weighted by Gasteiger charge is 2.14. The van der Waals surface area contributed by atoms with E-state index in [0.29, 0.717) is 0 Å². The summed E-state index contributed by atoms with van der Waals surface area (Å²) in [5.41, 5.74) is 1.09. The number of morpholine rings is 1. The largest absolute Gasteiger partial charge is 0.379 e. The number of rotatable bonds is 3. The third kappa shape index (κ3) is 2.83. The first-order chi connectivity index (χ1) is 8.83. The van der Waals surface area contributed by atoms with Crippen LogP contribution in [0.1, 0.15) is 5.01 Å². The summed E-state index contributed by atoms with van der Waals surface area (Å²) in [6.45, 7) is 4.65. The highest BCUT2D eigenvalue weighted by Crippen LogP contribution is 2.34. The third-order valence-corrected chi connectivity index (χ3v) is 5.56. The van der Waals surface area contributed by atoms with Crippen LogP contribution >= 0.6 is 38.6 Å². The molecule has 3 heterocycles. The van der Waals surface area contributed by atoms with Crippen LogP contribution in [-0.2, 0) is 11.3 Å². The summed E-state index contributed by atoms with van der Waals surface area (Å²) in [4.78, 5) is 8.34. The van der Waals surface area contributed by atoms with Gasteiger partial charge in [-0.3, -0.25) is 4.90 Å². The second kappa shape index (κ2) is 5.79. The monoisotopic (exact) mass is 344 g/mol. The van der Waals surface area contributed by atoms with Crippen LogP contribution in [-0.4, -0.2) is 36.2 Å². The fourth-order valence-corrected chi connectivity index (χ4v) is 4.35. The van der Waals surface area contributed by atoms with Crippen molar-refractivity contribution in [1.82, 2.24) is 9.88 Å². The lowest BCUT2D eigenvalue weighted by Gasteiger charge is -2.25. The maximum absolute atomic E-state index is 5.35. The van der Waals surface area contributed by atoms with Gasteiger partial charge in [0.15, 0.2) is 0 Å². The number of hydrogen-bond donors (Lipinski definition) is 0. The Hall–Kier alpha value is -0.270. The summed E-state index contributed by atoms with van der Waals surface area (Å²) in [6.07, 6.45) is 0. The average molecular weight is 345 g/mol. The van der Waals surface area contributed by atoms with Crippen LogP contribution in [0.25, 0.3) is 10.6 Å². The van der Waals surface area contributed by atoms with Crippen LogP contribution < -0.4 is 0 Å². The lowest BCUT2D eigenvalue weighted by molar-refractivity contribution is 0.0342. The van der Waals surface area contributed by atoms with E-state index in [1.165, 1.54) is 9.88 Å². The van der Waals surface area contributed by atoms with Gasteiger partial charge in [0.2, 0.25) is 0 Å². The van der Waals surface area contributed by atoms with Gasteiger partial charge in [-0.2, -0.15) is 0 Å². The molecule has 0 unspecified atom stereocenters. The molecular weight excluding hydrogens is 332 g/mol. The minimum atomic E-state index is 0.842. The van der Waals surface area contributed by atoms with Crippen LogP contribution in [0.4, 0.5) is 0 Å². The van der Waals surface area contributed by atoms with Gasteiger partial charge in [0.25, 0.3) is 0 Å². The molecule has 1 aliphatic rings. The van der Waals surface area contributed by atoms with E-state index >= 15 is 0 Å². The predicted octanol–water partition coefficient (Wildman–Crippen LogP) is 3.47. The number of aromatic nitrogens is 1. The second-order valence-corrected chi connectivity index (χ2v) is 6.83. The van der Waals surface area contributed by atoms with Gasteiger partial charge in [-0.05, 0) is 27.4 Å². The summed E-state index contributed by atoms with van der Waals surface area (Å²) >= 11 is 7.03. The molecule has 2 aromatic rings. The van der Waals surface area contributed by atoms with Crippen molar-refractivity contribution in [1.29, 1.82) is 0 Å². The fraction of sp³-hybridized carbons (Fsp3) is 0.417. The number of nitrogens with zero attached hydrogens (tertiary/aromatic N) is 2. The van der Waals surface area contributed by atoms with E-state index < -0.39 is 0 Å². The molecule has 0 radical (unpaired) electrons. The Morgan fingerprint density at radius 2 is 2.17 bits per heavy atom. The third-order valence-electron chi connectivity index (χ3n) is 2.86. The standard InChI is InChI=1S/C12H13BrN2OS2/c13-9-1-6-17-12(9)10-8-18-11(14-10)7-15-2-4-16-5-3-15/h1,6,8H,2-5,7H2. The summed E-state index contributed by atoms with van der Waals surface area (Å²) in [5.74, 6) is 0. The number of hydrogen-bond acceptors (Lipinski definition) is 5. The van der Waals surface area contributed by atoms with Gasteiger partial charge in [0.1, 0.15) is 5.01 Å². The van der Waals surface area contributed by atoms with Crippen LogP contribution in [0.3, 0.4) is 0 Å². The molecular formula is C12H13BrN2OS2. The van der Waals surface area contributed by atoms with E-state index in [9.17, 15) is 0 Å². The summed E-state index contributed by atoms with van der Waals surface area (Å²) in [7, 11) is 0. The molecule has 1 saturated heterocycles. The van der Waals surface area contributed by atoms with Gasteiger partial charge in [-0.1, -0.05) is 0 Å². The molecule has 1 aliphatic heterocycles. The number of thiophene rings is 1. The molecule has 0 spiro atoms. The Morgan fingerprint density at radius 1 is 1.33 bits per heavy atom. The Labute approximate surface area is 123 Å². The van der Waals surface area contributed by atoms with Crippen molar-refractivity contribution in [2.75, 3.05) is 26.3 Å². The number of thiazole rings is 1. The normalized spacial score (nSPS) is 17.2. The molecule has 6 heteroatoms. The van der Waals surface area contributed by atoms with Crippen LogP contribution in [0.15, 0.2) is 21.3 Å². The van der Waals surface area contributed by atoms with E-state index in [-0.39, 0.29) is 0 Å². The molecule has 0 aromatic carbocycles. The highest BCUT2D eigenvalue weighted by atomic mass is 79.9. The molecule has 0 amide bonds. The Morgan fingerprint density at radius 3 is 2.89 bits per heavy atom. The van der Waals surface area contributed by atoms with E-state index in [1.807, 2.05) is 0 Å². The lowest BCUT2D eigenvalue weighted by atomic mass is 10.4. The zero-order valence-corrected chi connectivity index (χ0v) is 13.0. The lowest BCUT2D eigenvalue weighted by Crippen LogP contribution is -2.35. The van der Waals surface area contributed by atoms with Crippen molar-refractivity contribution in [2.45, 2.75) is 6.54 Å². The maximum atomic E-state index is 5.35. The fourth-order valence-electron chi connectivity index (χ4n) is 1.91. The zero-order valence-electron chi connectivity index (χ0n) is 9.76. The molecule has 0 saturated carbocycles. The Balaban J connectivity index is 1.71. The smallest absolute Gasteiger partial charge is 0.107 e. The maximum Gasteiger partial charge on any atom is 0.107 e. The first kappa shape index (κ1) is 12.7. The molecule has 3 rings (SSSR count). The average Bonchev–Trinajstić information content (AvgIpc) is 2.99. The van der Waals surface area contributed by atoms with Crippen LogP contribution in [0.5, 0.6) is 0 Å². The molecule has 18 heavy (non-hydrogen) atoms. The topological polar surface area (TPSA) is 25.4 Å². The highest BCUT2D eigenvalue weighted by molar-refractivity contribution is 9.10. The first-order valence-electron chi connectivity index (χ1n) is 5.81.